The fourth-order valence-electron chi connectivity index (χ4n) is 2.07. The molecule has 114 valence electrons. The van der Waals surface area contributed by atoms with Gasteiger partial charge in [0.2, 0.25) is 0 Å². The van der Waals surface area contributed by atoms with Crippen LogP contribution in [0.2, 0.25) is 5.02 Å². The lowest BCUT2D eigenvalue weighted by atomic mass is 10.1. The molecule has 1 N–H and O–H groups in total. The summed E-state index contributed by atoms with van der Waals surface area (Å²) in [6, 6.07) is 12.3. The largest absolute Gasteiger partial charge is 0.469 e. The summed E-state index contributed by atoms with van der Waals surface area (Å²) in [5.41, 5.74) is 2.49. The molecule has 1 amide bonds. The van der Waals surface area contributed by atoms with Crippen LogP contribution in [0, 0.1) is 6.92 Å². The zero-order chi connectivity index (χ0) is 16.1. The molecule has 0 radical (unpaired) electrons. The molecule has 0 heterocycles. The normalized spacial score (nSPS) is 10.1. The van der Waals surface area contributed by atoms with Gasteiger partial charge in [-0.25, -0.2) is 0 Å². The van der Waals surface area contributed by atoms with Crippen molar-refractivity contribution in [2.45, 2.75) is 13.3 Å². The van der Waals surface area contributed by atoms with Gasteiger partial charge in [-0.05, 0) is 36.2 Å². The maximum Gasteiger partial charge on any atom is 0.310 e. The Hall–Kier alpha value is -2.33. The van der Waals surface area contributed by atoms with Gasteiger partial charge >= 0.3 is 5.97 Å². The topological polar surface area (TPSA) is 55.4 Å². The molecule has 0 bridgehead atoms. The van der Waals surface area contributed by atoms with Gasteiger partial charge in [-0.15, -0.1) is 0 Å². The fraction of sp³-hybridized carbons (Fsp3) is 0.176. The SMILES string of the molecule is COC(=O)Cc1ccccc1NC(=O)c1cccc(Cl)c1C. The second kappa shape index (κ2) is 7.09. The number of hydrogen-bond donors (Lipinski definition) is 1. The molecule has 2 rings (SSSR count). The number of carbonyl (C=O) groups excluding carboxylic acids is 2. The molecule has 0 spiro atoms. The third-order valence-electron chi connectivity index (χ3n) is 3.34. The number of anilines is 1. The van der Waals surface area contributed by atoms with Crippen LogP contribution in [0.3, 0.4) is 0 Å². The summed E-state index contributed by atoms with van der Waals surface area (Å²) in [5.74, 6) is -0.627. The number of nitrogens with one attached hydrogen (secondary N) is 1. The lowest BCUT2D eigenvalue weighted by Crippen LogP contribution is -2.16. The highest BCUT2D eigenvalue weighted by Gasteiger charge is 2.14. The van der Waals surface area contributed by atoms with Gasteiger partial charge in [-0.1, -0.05) is 35.9 Å². The zero-order valence-corrected chi connectivity index (χ0v) is 13.1. The molecule has 0 aromatic heterocycles. The van der Waals surface area contributed by atoms with Crippen molar-refractivity contribution in [3.05, 3.63) is 64.2 Å². The minimum atomic E-state index is -0.361. The summed E-state index contributed by atoms with van der Waals surface area (Å²) < 4.78 is 4.66. The number of carbonyl (C=O) groups is 2. The summed E-state index contributed by atoms with van der Waals surface area (Å²) in [7, 11) is 1.33. The average Bonchev–Trinajstić information content (AvgIpc) is 2.51. The lowest BCUT2D eigenvalue weighted by molar-refractivity contribution is -0.139. The second-order valence-electron chi connectivity index (χ2n) is 4.78. The molecular formula is C17H16ClNO3. The van der Waals surface area contributed by atoms with Gasteiger partial charge in [0.1, 0.15) is 0 Å². The van der Waals surface area contributed by atoms with Crippen molar-refractivity contribution in [3.63, 3.8) is 0 Å². The Labute approximate surface area is 134 Å². The molecule has 0 aliphatic heterocycles. The first-order valence-corrected chi connectivity index (χ1v) is 7.12. The van der Waals surface area contributed by atoms with Gasteiger partial charge in [0, 0.05) is 16.3 Å². The van der Waals surface area contributed by atoms with Gasteiger partial charge in [0.25, 0.3) is 5.91 Å². The molecule has 0 aliphatic carbocycles. The van der Waals surface area contributed by atoms with Crippen molar-refractivity contribution in [1.82, 2.24) is 0 Å². The van der Waals surface area contributed by atoms with Crippen LogP contribution in [0.15, 0.2) is 42.5 Å². The summed E-state index contributed by atoms with van der Waals surface area (Å²) in [6.45, 7) is 1.79. The zero-order valence-electron chi connectivity index (χ0n) is 12.4. The highest BCUT2D eigenvalue weighted by atomic mass is 35.5. The maximum atomic E-state index is 12.4. The summed E-state index contributed by atoms with van der Waals surface area (Å²) in [4.78, 5) is 23.8. The molecule has 0 fully saturated rings. The molecule has 5 heteroatoms. The van der Waals surface area contributed by atoms with Gasteiger partial charge in [-0.3, -0.25) is 9.59 Å². The first kappa shape index (κ1) is 16.0. The van der Waals surface area contributed by atoms with Gasteiger partial charge in [-0.2, -0.15) is 0 Å². The first-order valence-electron chi connectivity index (χ1n) is 6.74. The van der Waals surface area contributed by atoms with E-state index < -0.39 is 0 Å². The maximum absolute atomic E-state index is 12.4. The average molecular weight is 318 g/mol. The van der Waals surface area contributed by atoms with Crippen molar-refractivity contribution in [2.75, 3.05) is 12.4 Å². The van der Waals surface area contributed by atoms with Gasteiger partial charge in [0.05, 0.1) is 13.5 Å². The quantitative estimate of drug-likeness (QED) is 0.876. The highest BCUT2D eigenvalue weighted by molar-refractivity contribution is 6.32. The molecule has 0 saturated carbocycles. The smallest absolute Gasteiger partial charge is 0.310 e. The van der Waals surface area contributed by atoms with Crippen molar-refractivity contribution in [2.24, 2.45) is 0 Å². The van der Waals surface area contributed by atoms with E-state index in [1.807, 2.05) is 0 Å². The van der Waals surface area contributed by atoms with E-state index in [1.54, 1.807) is 49.4 Å². The van der Waals surface area contributed by atoms with Crippen molar-refractivity contribution in [1.29, 1.82) is 0 Å². The third-order valence-corrected chi connectivity index (χ3v) is 3.75. The number of ether oxygens (including phenoxy) is 1. The van der Waals surface area contributed by atoms with Crippen LogP contribution in [0.25, 0.3) is 0 Å². The van der Waals surface area contributed by atoms with E-state index >= 15 is 0 Å². The molecule has 2 aromatic carbocycles. The molecular weight excluding hydrogens is 302 g/mol. The highest BCUT2D eigenvalue weighted by Crippen LogP contribution is 2.21. The standard InChI is InChI=1S/C17H16ClNO3/c1-11-13(7-5-8-14(11)18)17(21)19-15-9-4-3-6-12(15)10-16(20)22-2/h3-9H,10H2,1-2H3,(H,19,21). The first-order chi connectivity index (χ1) is 10.5. The number of rotatable bonds is 4. The molecule has 0 atom stereocenters. The monoisotopic (exact) mass is 317 g/mol. The summed E-state index contributed by atoms with van der Waals surface area (Å²) >= 11 is 6.04. The van der Waals surface area contributed by atoms with E-state index in [-0.39, 0.29) is 18.3 Å². The Bertz CT molecular complexity index is 713. The van der Waals surface area contributed by atoms with Crippen LogP contribution in [0.4, 0.5) is 5.69 Å². The van der Waals surface area contributed by atoms with Crippen LogP contribution in [-0.4, -0.2) is 19.0 Å². The van der Waals surface area contributed by atoms with Crippen LogP contribution in [-0.2, 0) is 16.0 Å². The van der Waals surface area contributed by atoms with E-state index in [9.17, 15) is 9.59 Å². The summed E-state index contributed by atoms with van der Waals surface area (Å²) in [5, 5.41) is 3.36. The number of benzene rings is 2. The molecule has 4 nitrogen and oxygen atoms in total. The molecule has 0 saturated heterocycles. The number of halogens is 1. The number of hydrogen-bond acceptors (Lipinski definition) is 3. The Morgan fingerprint density at radius 3 is 2.59 bits per heavy atom. The number of para-hydroxylation sites is 1. The molecule has 22 heavy (non-hydrogen) atoms. The van der Waals surface area contributed by atoms with E-state index in [2.05, 4.69) is 10.1 Å². The third kappa shape index (κ3) is 3.65. The predicted octanol–water partition coefficient (Wildman–Crippen LogP) is 3.62. The number of esters is 1. The van der Waals surface area contributed by atoms with E-state index in [0.29, 0.717) is 27.4 Å². The van der Waals surface area contributed by atoms with Crippen molar-refractivity contribution in [3.8, 4) is 0 Å². The van der Waals surface area contributed by atoms with E-state index in [4.69, 9.17) is 11.6 Å². The van der Waals surface area contributed by atoms with Crippen molar-refractivity contribution >= 4 is 29.2 Å². The van der Waals surface area contributed by atoms with E-state index in [1.165, 1.54) is 7.11 Å². The molecule has 0 unspecified atom stereocenters. The molecule has 0 aliphatic rings. The van der Waals surface area contributed by atoms with Gasteiger partial charge in [0.15, 0.2) is 0 Å². The Balaban J connectivity index is 2.25. The second-order valence-corrected chi connectivity index (χ2v) is 5.18. The Kier molecular flexibility index (Phi) is 5.17. The fourth-order valence-corrected chi connectivity index (χ4v) is 2.24. The Morgan fingerprint density at radius 1 is 1.14 bits per heavy atom. The van der Waals surface area contributed by atoms with Crippen LogP contribution in [0.5, 0.6) is 0 Å². The van der Waals surface area contributed by atoms with Crippen molar-refractivity contribution < 1.29 is 14.3 Å². The predicted molar refractivity (Wildman–Crippen MR) is 86.3 cm³/mol. The number of amides is 1. The minimum Gasteiger partial charge on any atom is -0.469 e. The minimum absolute atomic E-state index is 0.0987. The van der Waals surface area contributed by atoms with Gasteiger partial charge < -0.3 is 10.1 Å². The summed E-state index contributed by atoms with van der Waals surface area (Å²) in [6.07, 6.45) is 0.0987. The van der Waals surface area contributed by atoms with Crippen LogP contribution in [0.1, 0.15) is 21.5 Å². The Morgan fingerprint density at radius 2 is 1.86 bits per heavy atom. The van der Waals surface area contributed by atoms with E-state index in [0.717, 1.165) is 0 Å². The number of methoxy groups -OCH3 is 1. The van der Waals surface area contributed by atoms with Crippen LogP contribution < -0.4 is 5.32 Å². The molecule has 2 aromatic rings. The van der Waals surface area contributed by atoms with Crippen LogP contribution >= 0.6 is 11.6 Å². The lowest BCUT2D eigenvalue weighted by Gasteiger charge is -2.12.